The summed E-state index contributed by atoms with van der Waals surface area (Å²) >= 11 is 0. The lowest BCUT2D eigenvalue weighted by atomic mass is 9.78. The molecule has 4 rings (SSSR count). The molecule has 1 saturated carbocycles. The first-order valence-electron chi connectivity index (χ1n) is 12.5. The van der Waals surface area contributed by atoms with Crippen LogP contribution < -0.4 is 10.1 Å². The third kappa shape index (κ3) is 7.49. The largest absolute Gasteiger partial charge is 0.491 e. The van der Waals surface area contributed by atoms with E-state index in [2.05, 4.69) is 12.2 Å². The molecule has 188 valence electrons. The standard InChI is InChI=1S/C24H30F2O2.C4H9NO/c1-15(2)28-23-11-10-21(26)13-22(23)19(14-27)12-18-5-4-16(3)24(18)17-6-8-20(25)9-7-17;1-3-6-4-2-5-1/h6-11,13,15-16,18-19,24,27H,4-5,12,14H2,1-3H3;5H,1-4H2/t16?,18?,19?,24-;/m0./s1. The fourth-order valence-corrected chi connectivity index (χ4v) is 5.23. The monoisotopic (exact) mass is 475 g/mol. The van der Waals surface area contributed by atoms with Gasteiger partial charge in [-0.25, -0.2) is 8.78 Å². The van der Waals surface area contributed by atoms with Crippen LogP contribution in [-0.4, -0.2) is 44.1 Å². The number of aliphatic hydroxyl groups excluding tert-OH is 1. The first kappa shape index (κ1) is 26.6. The van der Waals surface area contributed by atoms with Gasteiger partial charge in [-0.3, -0.25) is 0 Å². The van der Waals surface area contributed by atoms with Gasteiger partial charge in [0.15, 0.2) is 0 Å². The van der Waals surface area contributed by atoms with E-state index in [4.69, 9.17) is 9.47 Å². The molecule has 1 saturated heterocycles. The second-order valence-electron chi connectivity index (χ2n) is 9.72. The Morgan fingerprint density at radius 2 is 1.71 bits per heavy atom. The molecule has 2 fully saturated rings. The first-order valence-corrected chi connectivity index (χ1v) is 12.5. The molecular formula is C28H39F2NO3. The van der Waals surface area contributed by atoms with Gasteiger partial charge in [0.05, 0.1) is 25.9 Å². The Morgan fingerprint density at radius 3 is 2.26 bits per heavy atom. The maximum absolute atomic E-state index is 14.0. The number of hydrogen-bond acceptors (Lipinski definition) is 4. The summed E-state index contributed by atoms with van der Waals surface area (Å²) in [5.41, 5.74) is 1.87. The van der Waals surface area contributed by atoms with E-state index < -0.39 is 0 Å². The number of morpholine rings is 1. The Bertz CT molecular complexity index is 859. The first-order chi connectivity index (χ1) is 16.4. The van der Waals surface area contributed by atoms with Crippen LogP contribution >= 0.6 is 0 Å². The van der Waals surface area contributed by atoms with Gasteiger partial charge in [0, 0.05) is 24.6 Å². The summed E-state index contributed by atoms with van der Waals surface area (Å²) in [5.74, 6) is 1.07. The van der Waals surface area contributed by atoms with Crippen molar-refractivity contribution in [3.63, 3.8) is 0 Å². The zero-order valence-corrected chi connectivity index (χ0v) is 20.6. The summed E-state index contributed by atoms with van der Waals surface area (Å²) in [5, 5.41) is 13.3. The average Bonchev–Trinajstić information content (AvgIpc) is 3.20. The Morgan fingerprint density at radius 1 is 1.03 bits per heavy atom. The number of aliphatic hydroxyl groups is 1. The minimum atomic E-state index is -0.320. The summed E-state index contributed by atoms with van der Waals surface area (Å²) in [6.07, 6.45) is 2.88. The Hall–Kier alpha value is -2.02. The Balaban J connectivity index is 0.000000469. The van der Waals surface area contributed by atoms with Crippen molar-refractivity contribution in [1.82, 2.24) is 5.32 Å². The van der Waals surface area contributed by atoms with Crippen molar-refractivity contribution in [2.45, 2.75) is 58.0 Å². The van der Waals surface area contributed by atoms with Gasteiger partial charge >= 0.3 is 0 Å². The van der Waals surface area contributed by atoms with Crippen molar-refractivity contribution in [1.29, 1.82) is 0 Å². The molecule has 0 radical (unpaired) electrons. The van der Waals surface area contributed by atoms with E-state index in [0.29, 0.717) is 23.5 Å². The molecule has 1 heterocycles. The third-order valence-corrected chi connectivity index (χ3v) is 6.80. The molecule has 1 aliphatic carbocycles. The normalized spacial score (nSPS) is 23.3. The lowest BCUT2D eigenvalue weighted by Gasteiger charge is -2.28. The highest BCUT2D eigenvalue weighted by Crippen LogP contribution is 2.48. The maximum Gasteiger partial charge on any atom is 0.123 e. The van der Waals surface area contributed by atoms with Crippen LogP contribution in [0.3, 0.4) is 0 Å². The molecular weight excluding hydrogens is 436 g/mol. The summed E-state index contributed by atoms with van der Waals surface area (Å²) in [6, 6.07) is 11.3. The molecule has 6 heteroatoms. The van der Waals surface area contributed by atoms with Crippen molar-refractivity contribution in [3.8, 4) is 5.75 Å². The van der Waals surface area contributed by atoms with Crippen molar-refractivity contribution < 1.29 is 23.4 Å². The van der Waals surface area contributed by atoms with Gasteiger partial charge in [0.2, 0.25) is 0 Å². The lowest BCUT2D eigenvalue weighted by molar-refractivity contribution is 0.109. The van der Waals surface area contributed by atoms with Gasteiger partial charge in [0.1, 0.15) is 17.4 Å². The highest BCUT2D eigenvalue weighted by Gasteiger charge is 2.36. The molecule has 4 nitrogen and oxygen atoms in total. The number of rotatable bonds is 7. The fraction of sp³-hybridized carbons (Fsp3) is 0.571. The highest BCUT2D eigenvalue weighted by molar-refractivity contribution is 5.37. The minimum absolute atomic E-state index is 0.0259. The van der Waals surface area contributed by atoms with Crippen LogP contribution in [0.25, 0.3) is 0 Å². The van der Waals surface area contributed by atoms with Crippen LogP contribution in [0.4, 0.5) is 8.78 Å². The molecule has 4 atom stereocenters. The molecule has 2 aliphatic rings. The molecule has 2 aromatic carbocycles. The summed E-state index contributed by atoms with van der Waals surface area (Å²) in [4.78, 5) is 0. The zero-order valence-electron chi connectivity index (χ0n) is 20.6. The van der Waals surface area contributed by atoms with Gasteiger partial charge in [-0.2, -0.15) is 0 Å². The van der Waals surface area contributed by atoms with Crippen LogP contribution in [0.2, 0.25) is 0 Å². The second kappa shape index (κ2) is 13.2. The molecule has 2 aromatic rings. The van der Waals surface area contributed by atoms with E-state index in [9.17, 15) is 13.9 Å². The molecule has 2 N–H and O–H groups in total. The number of hydrogen-bond donors (Lipinski definition) is 2. The molecule has 0 bridgehead atoms. The van der Waals surface area contributed by atoms with Crippen molar-refractivity contribution in [2.24, 2.45) is 11.8 Å². The molecule has 0 amide bonds. The fourth-order valence-electron chi connectivity index (χ4n) is 5.23. The second-order valence-corrected chi connectivity index (χ2v) is 9.72. The predicted octanol–water partition coefficient (Wildman–Crippen LogP) is 5.65. The molecule has 0 spiro atoms. The third-order valence-electron chi connectivity index (χ3n) is 6.80. The molecule has 3 unspecified atom stereocenters. The number of nitrogens with one attached hydrogen (secondary N) is 1. The Labute approximate surface area is 202 Å². The Kier molecular flexibility index (Phi) is 10.3. The van der Waals surface area contributed by atoms with Gasteiger partial charge in [-0.05, 0) is 86.8 Å². The average molecular weight is 476 g/mol. The van der Waals surface area contributed by atoms with Gasteiger partial charge in [-0.15, -0.1) is 0 Å². The lowest BCUT2D eigenvalue weighted by Crippen LogP contribution is -2.30. The molecule has 0 aromatic heterocycles. The highest BCUT2D eigenvalue weighted by atomic mass is 19.1. The number of halogens is 2. The predicted molar refractivity (Wildman–Crippen MR) is 131 cm³/mol. The van der Waals surface area contributed by atoms with Crippen LogP contribution in [0.1, 0.15) is 63.0 Å². The van der Waals surface area contributed by atoms with Crippen molar-refractivity contribution in [3.05, 3.63) is 65.2 Å². The summed E-state index contributed by atoms with van der Waals surface area (Å²) in [7, 11) is 0. The SMILES string of the molecule is C1COCCN1.CC(C)Oc1ccc(F)cc1C(CO)CC1CCC(C)[C@H]1c1ccc(F)cc1. The molecule has 1 aliphatic heterocycles. The summed E-state index contributed by atoms with van der Waals surface area (Å²) in [6.45, 7) is 9.88. The van der Waals surface area contributed by atoms with E-state index in [0.717, 1.165) is 56.7 Å². The number of benzene rings is 2. The smallest absolute Gasteiger partial charge is 0.123 e. The zero-order chi connectivity index (χ0) is 24.5. The van der Waals surface area contributed by atoms with E-state index in [-0.39, 0.29) is 30.3 Å². The van der Waals surface area contributed by atoms with Gasteiger partial charge in [-0.1, -0.05) is 19.1 Å². The van der Waals surface area contributed by atoms with Crippen molar-refractivity contribution in [2.75, 3.05) is 32.9 Å². The quantitative estimate of drug-likeness (QED) is 0.543. The van der Waals surface area contributed by atoms with Gasteiger partial charge < -0.3 is 19.9 Å². The topological polar surface area (TPSA) is 50.7 Å². The molecule has 34 heavy (non-hydrogen) atoms. The van der Waals surface area contributed by atoms with E-state index in [1.54, 1.807) is 6.07 Å². The number of ether oxygens (including phenoxy) is 2. The van der Waals surface area contributed by atoms with Crippen molar-refractivity contribution >= 4 is 0 Å². The van der Waals surface area contributed by atoms with Crippen LogP contribution in [0.5, 0.6) is 5.75 Å². The van der Waals surface area contributed by atoms with E-state index in [1.807, 2.05) is 26.0 Å². The van der Waals surface area contributed by atoms with Gasteiger partial charge in [0.25, 0.3) is 0 Å². The summed E-state index contributed by atoms with van der Waals surface area (Å²) < 4.78 is 38.2. The van der Waals surface area contributed by atoms with E-state index >= 15 is 0 Å². The maximum atomic E-state index is 14.0. The van der Waals surface area contributed by atoms with E-state index in [1.165, 1.54) is 24.3 Å². The van der Waals surface area contributed by atoms with Crippen LogP contribution in [0.15, 0.2) is 42.5 Å². The van der Waals surface area contributed by atoms with Crippen LogP contribution in [-0.2, 0) is 4.74 Å². The minimum Gasteiger partial charge on any atom is -0.491 e. The van der Waals surface area contributed by atoms with Crippen LogP contribution in [0, 0.1) is 23.5 Å².